The van der Waals surface area contributed by atoms with Crippen LogP contribution in [0.5, 0.6) is 5.75 Å². The lowest BCUT2D eigenvalue weighted by molar-refractivity contribution is 0.108. The highest BCUT2D eigenvalue weighted by Crippen LogP contribution is 2.45. The molecule has 0 bridgehead atoms. The average Bonchev–Trinajstić information content (AvgIpc) is 2.38. The van der Waals surface area contributed by atoms with Gasteiger partial charge in [-0.05, 0) is 48.3 Å². The highest BCUT2D eigenvalue weighted by molar-refractivity contribution is 5.34. The van der Waals surface area contributed by atoms with Gasteiger partial charge in [-0.25, -0.2) is 0 Å². The normalized spacial score (nSPS) is 31.5. The van der Waals surface area contributed by atoms with Gasteiger partial charge in [0.15, 0.2) is 0 Å². The molecule has 0 heterocycles. The molecular formula is C17H27NO. The molecule has 19 heavy (non-hydrogen) atoms. The molecule has 1 aromatic rings. The van der Waals surface area contributed by atoms with Crippen molar-refractivity contribution in [2.24, 2.45) is 23.5 Å². The highest BCUT2D eigenvalue weighted by atomic mass is 16.5. The number of nitrogens with two attached hydrogens (primary N) is 1. The summed E-state index contributed by atoms with van der Waals surface area (Å²) in [6.45, 7) is 6.91. The van der Waals surface area contributed by atoms with E-state index in [1.807, 2.05) is 6.07 Å². The number of benzene rings is 1. The molecular weight excluding hydrogens is 234 g/mol. The number of methoxy groups -OCH3 is 1. The summed E-state index contributed by atoms with van der Waals surface area (Å²) in [5, 5.41) is 0. The molecule has 0 aliphatic heterocycles. The van der Waals surface area contributed by atoms with Gasteiger partial charge in [-0.3, -0.25) is 0 Å². The Morgan fingerprint density at radius 1 is 1.32 bits per heavy atom. The van der Waals surface area contributed by atoms with Gasteiger partial charge in [0.2, 0.25) is 0 Å². The summed E-state index contributed by atoms with van der Waals surface area (Å²) in [4.78, 5) is 0. The fraction of sp³-hybridized carbons (Fsp3) is 0.647. The number of hydrogen-bond donors (Lipinski definition) is 1. The standard InChI is InChI=1S/C17H27NO/c1-12(2)16-9-8-13(3)11-17(16,18)14-6-5-7-15(10-14)19-4/h5-7,10,12-13,16H,8-9,11,18H2,1-4H3. The number of hydrogen-bond acceptors (Lipinski definition) is 2. The summed E-state index contributed by atoms with van der Waals surface area (Å²) in [5.74, 6) is 2.77. The van der Waals surface area contributed by atoms with E-state index in [1.165, 1.54) is 18.4 Å². The third-order valence-electron chi connectivity index (χ3n) is 4.73. The van der Waals surface area contributed by atoms with Crippen molar-refractivity contribution >= 4 is 0 Å². The minimum atomic E-state index is -0.208. The number of ether oxygens (including phenoxy) is 1. The Morgan fingerprint density at radius 2 is 2.05 bits per heavy atom. The zero-order valence-electron chi connectivity index (χ0n) is 12.6. The van der Waals surface area contributed by atoms with E-state index in [0.29, 0.717) is 17.8 Å². The third kappa shape index (κ3) is 2.79. The largest absolute Gasteiger partial charge is 0.497 e. The van der Waals surface area contributed by atoms with Crippen molar-refractivity contribution < 1.29 is 4.74 Å². The van der Waals surface area contributed by atoms with Crippen molar-refractivity contribution in [2.45, 2.75) is 45.6 Å². The Hall–Kier alpha value is -1.02. The average molecular weight is 261 g/mol. The number of rotatable bonds is 3. The minimum Gasteiger partial charge on any atom is -0.497 e. The summed E-state index contributed by atoms with van der Waals surface area (Å²) < 4.78 is 5.36. The highest BCUT2D eigenvalue weighted by Gasteiger charge is 2.42. The van der Waals surface area contributed by atoms with Crippen molar-refractivity contribution in [1.29, 1.82) is 0 Å². The monoisotopic (exact) mass is 261 g/mol. The fourth-order valence-electron chi connectivity index (χ4n) is 3.72. The lowest BCUT2D eigenvalue weighted by atomic mass is 9.63. The van der Waals surface area contributed by atoms with Gasteiger partial charge in [0.1, 0.15) is 5.75 Å². The zero-order valence-corrected chi connectivity index (χ0v) is 12.6. The van der Waals surface area contributed by atoms with Gasteiger partial charge in [-0.15, -0.1) is 0 Å². The molecule has 3 unspecified atom stereocenters. The first kappa shape index (κ1) is 14.4. The molecule has 0 aromatic heterocycles. The molecule has 2 rings (SSSR count). The Kier molecular flexibility index (Phi) is 4.19. The maximum atomic E-state index is 6.88. The maximum Gasteiger partial charge on any atom is 0.119 e. The smallest absolute Gasteiger partial charge is 0.119 e. The predicted molar refractivity (Wildman–Crippen MR) is 80.2 cm³/mol. The van der Waals surface area contributed by atoms with Crippen LogP contribution >= 0.6 is 0 Å². The molecule has 1 saturated carbocycles. The molecule has 106 valence electrons. The van der Waals surface area contributed by atoms with Gasteiger partial charge in [0, 0.05) is 5.54 Å². The van der Waals surface area contributed by atoms with Crippen LogP contribution in [-0.4, -0.2) is 7.11 Å². The molecule has 3 atom stereocenters. The first-order chi connectivity index (χ1) is 8.97. The lowest BCUT2D eigenvalue weighted by Gasteiger charge is -2.46. The van der Waals surface area contributed by atoms with Crippen molar-refractivity contribution in [1.82, 2.24) is 0 Å². The van der Waals surface area contributed by atoms with Gasteiger partial charge < -0.3 is 10.5 Å². The van der Waals surface area contributed by atoms with Crippen LogP contribution in [0.15, 0.2) is 24.3 Å². The van der Waals surface area contributed by atoms with E-state index < -0.39 is 0 Å². The SMILES string of the molecule is COc1cccc(C2(N)CC(C)CCC2C(C)C)c1. The van der Waals surface area contributed by atoms with E-state index in [2.05, 4.69) is 39.0 Å². The van der Waals surface area contributed by atoms with Crippen LogP contribution in [0.2, 0.25) is 0 Å². The second-order valence-corrected chi connectivity index (χ2v) is 6.51. The quantitative estimate of drug-likeness (QED) is 0.894. The second-order valence-electron chi connectivity index (χ2n) is 6.51. The summed E-state index contributed by atoms with van der Waals surface area (Å²) in [5.41, 5.74) is 7.91. The van der Waals surface area contributed by atoms with E-state index in [9.17, 15) is 0 Å². The van der Waals surface area contributed by atoms with Crippen LogP contribution < -0.4 is 10.5 Å². The maximum absolute atomic E-state index is 6.88. The zero-order chi connectivity index (χ0) is 14.0. The van der Waals surface area contributed by atoms with Crippen molar-refractivity contribution in [2.75, 3.05) is 7.11 Å². The van der Waals surface area contributed by atoms with Crippen LogP contribution in [0.1, 0.15) is 45.6 Å². The van der Waals surface area contributed by atoms with Crippen molar-refractivity contribution in [3.05, 3.63) is 29.8 Å². The Bertz CT molecular complexity index is 429. The molecule has 1 aliphatic carbocycles. The van der Waals surface area contributed by atoms with E-state index >= 15 is 0 Å². The Labute approximate surface area is 117 Å². The fourth-order valence-corrected chi connectivity index (χ4v) is 3.72. The molecule has 2 N–H and O–H groups in total. The van der Waals surface area contributed by atoms with E-state index in [4.69, 9.17) is 10.5 Å². The van der Waals surface area contributed by atoms with E-state index in [0.717, 1.165) is 12.2 Å². The Balaban J connectivity index is 2.39. The minimum absolute atomic E-state index is 0.208. The second kappa shape index (κ2) is 5.54. The molecule has 0 saturated heterocycles. The van der Waals surface area contributed by atoms with Crippen LogP contribution in [0.4, 0.5) is 0 Å². The van der Waals surface area contributed by atoms with E-state index in [1.54, 1.807) is 7.11 Å². The first-order valence-corrected chi connectivity index (χ1v) is 7.40. The van der Waals surface area contributed by atoms with Crippen LogP contribution in [-0.2, 0) is 5.54 Å². The molecule has 2 heteroatoms. The van der Waals surface area contributed by atoms with Gasteiger partial charge in [-0.2, -0.15) is 0 Å². The van der Waals surface area contributed by atoms with Crippen molar-refractivity contribution in [3.63, 3.8) is 0 Å². The topological polar surface area (TPSA) is 35.2 Å². The van der Waals surface area contributed by atoms with Gasteiger partial charge in [0.25, 0.3) is 0 Å². The summed E-state index contributed by atoms with van der Waals surface area (Å²) in [6.07, 6.45) is 3.60. The first-order valence-electron chi connectivity index (χ1n) is 7.40. The Morgan fingerprint density at radius 3 is 2.68 bits per heavy atom. The van der Waals surface area contributed by atoms with Gasteiger partial charge in [0.05, 0.1) is 7.11 Å². The molecule has 1 aliphatic rings. The molecule has 1 fully saturated rings. The molecule has 0 spiro atoms. The molecule has 0 amide bonds. The summed E-state index contributed by atoms with van der Waals surface area (Å²) in [7, 11) is 1.71. The van der Waals surface area contributed by atoms with Gasteiger partial charge in [-0.1, -0.05) is 39.3 Å². The summed E-state index contributed by atoms with van der Waals surface area (Å²) >= 11 is 0. The predicted octanol–water partition coefficient (Wildman–Crippen LogP) is 3.94. The van der Waals surface area contributed by atoms with E-state index in [-0.39, 0.29) is 5.54 Å². The third-order valence-corrected chi connectivity index (χ3v) is 4.73. The lowest BCUT2D eigenvalue weighted by Crippen LogP contribution is -2.50. The van der Waals surface area contributed by atoms with Crippen LogP contribution in [0.3, 0.4) is 0 Å². The van der Waals surface area contributed by atoms with Crippen LogP contribution in [0, 0.1) is 17.8 Å². The van der Waals surface area contributed by atoms with Crippen LogP contribution in [0.25, 0.3) is 0 Å². The molecule has 0 radical (unpaired) electrons. The van der Waals surface area contributed by atoms with Crippen molar-refractivity contribution in [3.8, 4) is 5.75 Å². The summed E-state index contributed by atoms with van der Waals surface area (Å²) in [6, 6.07) is 8.33. The van der Waals surface area contributed by atoms with Gasteiger partial charge >= 0.3 is 0 Å². The molecule has 2 nitrogen and oxygen atoms in total. The molecule has 1 aromatic carbocycles.